The van der Waals surface area contributed by atoms with Gasteiger partial charge in [0, 0.05) is 17.9 Å². The lowest BCUT2D eigenvalue weighted by Crippen LogP contribution is -2.41. The molecule has 5 heteroatoms. The van der Waals surface area contributed by atoms with Crippen molar-refractivity contribution < 1.29 is 19.3 Å². The zero-order valence-corrected chi connectivity index (χ0v) is 17.3. The van der Waals surface area contributed by atoms with E-state index in [0.717, 1.165) is 35.8 Å². The van der Waals surface area contributed by atoms with Gasteiger partial charge in [0.2, 0.25) is 0 Å². The van der Waals surface area contributed by atoms with Gasteiger partial charge in [0.05, 0.1) is 26.9 Å². The maximum atomic E-state index is 10.3. The molecule has 0 aromatic heterocycles. The van der Waals surface area contributed by atoms with E-state index in [9.17, 15) is 5.11 Å². The molecule has 2 aromatic carbocycles. The Labute approximate surface area is 173 Å². The summed E-state index contributed by atoms with van der Waals surface area (Å²) in [5, 5.41) is 13.8. The first kappa shape index (κ1) is 20.2. The molecule has 1 aliphatic heterocycles. The van der Waals surface area contributed by atoms with Crippen LogP contribution in [0.5, 0.6) is 11.5 Å². The number of hydrogen-bond acceptors (Lipinski definition) is 5. The Kier molecular flexibility index (Phi) is 6.09. The summed E-state index contributed by atoms with van der Waals surface area (Å²) in [6.07, 6.45) is 2.27. The van der Waals surface area contributed by atoms with E-state index >= 15 is 0 Å². The van der Waals surface area contributed by atoms with Crippen molar-refractivity contribution in [3.63, 3.8) is 0 Å². The van der Waals surface area contributed by atoms with E-state index in [-0.39, 0.29) is 18.8 Å². The van der Waals surface area contributed by atoms with Gasteiger partial charge in [-0.3, -0.25) is 5.32 Å². The Bertz CT molecular complexity index is 808. The largest absolute Gasteiger partial charge is 0.493 e. The van der Waals surface area contributed by atoms with E-state index in [0.29, 0.717) is 12.5 Å². The zero-order valence-electron chi connectivity index (χ0n) is 17.3. The van der Waals surface area contributed by atoms with Crippen LogP contribution < -0.4 is 14.8 Å². The number of benzene rings is 2. The summed E-state index contributed by atoms with van der Waals surface area (Å²) in [5.74, 6) is 2.33. The molecule has 2 N–H and O–H groups in total. The molecule has 29 heavy (non-hydrogen) atoms. The second kappa shape index (κ2) is 8.74. The molecule has 0 spiro atoms. The third-order valence-electron chi connectivity index (χ3n) is 6.26. The fourth-order valence-electron chi connectivity index (χ4n) is 4.08. The first-order valence-corrected chi connectivity index (χ1v) is 10.4. The third kappa shape index (κ3) is 4.42. The smallest absolute Gasteiger partial charge is 0.161 e. The van der Waals surface area contributed by atoms with Crippen molar-refractivity contribution in [1.29, 1.82) is 0 Å². The standard InChI is InChI=1S/C24H31NO4/c1-24(16-26)20(13-25-23(24)29-15-17-6-4-3-5-7-17)19-10-11-21(27-2)22(12-19)28-14-18-8-9-18/h3-7,10-12,18,20,23,25-26H,8-9,13-16H2,1-2H3/t20-,23?,24+/m0/s1. The zero-order chi connectivity index (χ0) is 20.3. The first-order valence-electron chi connectivity index (χ1n) is 10.4. The first-order chi connectivity index (χ1) is 14.1. The SMILES string of the molecule is COc1ccc([C@@H]2CNC(OCc3ccccc3)[C@]2(C)CO)cc1OCC1CC1. The molecule has 3 atom stereocenters. The molecule has 0 amide bonds. The number of methoxy groups -OCH3 is 1. The highest BCUT2D eigenvalue weighted by Gasteiger charge is 2.48. The number of ether oxygens (including phenoxy) is 3. The molecule has 2 aromatic rings. The van der Waals surface area contributed by atoms with Crippen molar-refractivity contribution in [3.05, 3.63) is 59.7 Å². The van der Waals surface area contributed by atoms with Gasteiger partial charge in [0.15, 0.2) is 11.5 Å². The molecule has 0 bridgehead atoms. The van der Waals surface area contributed by atoms with Gasteiger partial charge in [-0.25, -0.2) is 0 Å². The highest BCUT2D eigenvalue weighted by atomic mass is 16.5. The Morgan fingerprint density at radius 3 is 2.59 bits per heavy atom. The van der Waals surface area contributed by atoms with E-state index in [2.05, 4.69) is 36.5 Å². The van der Waals surface area contributed by atoms with E-state index in [1.165, 1.54) is 12.8 Å². The highest BCUT2D eigenvalue weighted by Crippen LogP contribution is 2.45. The minimum Gasteiger partial charge on any atom is -0.493 e. The molecule has 4 rings (SSSR count). The average molecular weight is 398 g/mol. The molecule has 1 saturated carbocycles. The lowest BCUT2D eigenvalue weighted by atomic mass is 9.75. The third-order valence-corrected chi connectivity index (χ3v) is 6.26. The fraction of sp³-hybridized carbons (Fsp3) is 0.500. The summed E-state index contributed by atoms with van der Waals surface area (Å²) < 4.78 is 17.7. The number of rotatable bonds is 9. The minimum atomic E-state index is -0.433. The van der Waals surface area contributed by atoms with Gasteiger partial charge >= 0.3 is 0 Å². The van der Waals surface area contributed by atoms with Crippen molar-refractivity contribution in [2.45, 2.75) is 38.5 Å². The van der Waals surface area contributed by atoms with E-state index in [1.807, 2.05) is 24.3 Å². The normalized spacial score (nSPS) is 26.4. The van der Waals surface area contributed by atoms with Gasteiger partial charge in [0.1, 0.15) is 6.23 Å². The summed E-state index contributed by atoms with van der Waals surface area (Å²) >= 11 is 0. The summed E-state index contributed by atoms with van der Waals surface area (Å²) in [7, 11) is 1.67. The predicted molar refractivity (Wildman–Crippen MR) is 112 cm³/mol. The molecule has 5 nitrogen and oxygen atoms in total. The van der Waals surface area contributed by atoms with Crippen LogP contribution in [0.15, 0.2) is 48.5 Å². The van der Waals surface area contributed by atoms with Crippen LogP contribution >= 0.6 is 0 Å². The maximum Gasteiger partial charge on any atom is 0.161 e. The number of aliphatic hydroxyl groups excluding tert-OH is 1. The summed E-state index contributed by atoms with van der Waals surface area (Å²) in [5.41, 5.74) is 1.82. The fourth-order valence-corrected chi connectivity index (χ4v) is 4.08. The van der Waals surface area contributed by atoms with E-state index < -0.39 is 5.41 Å². The van der Waals surface area contributed by atoms with Crippen LogP contribution in [0.3, 0.4) is 0 Å². The molecule has 156 valence electrons. The van der Waals surface area contributed by atoms with Crippen LogP contribution in [0.25, 0.3) is 0 Å². The molecule has 0 radical (unpaired) electrons. The second-order valence-corrected chi connectivity index (χ2v) is 8.47. The monoisotopic (exact) mass is 397 g/mol. The molecule has 1 unspecified atom stereocenters. The van der Waals surface area contributed by atoms with Gasteiger partial charge in [0.25, 0.3) is 0 Å². The highest BCUT2D eigenvalue weighted by molar-refractivity contribution is 5.45. The van der Waals surface area contributed by atoms with Crippen molar-refractivity contribution in [1.82, 2.24) is 5.32 Å². The van der Waals surface area contributed by atoms with Crippen molar-refractivity contribution >= 4 is 0 Å². The summed E-state index contributed by atoms with van der Waals surface area (Å²) in [4.78, 5) is 0. The Morgan fingerprint density at radius 2 is 1.90 bits per heavy atom. The average Bonchev–Trinajstić information content (AvgIpc) is 3.53. The molecular weight excluding hydrogens is 366 g/mol. The topological polar surface area (TPSA) is 60.0 Å². The van der Waals surface area contributed by atoms with Crippen LogP contribution in [0, 0.1) is 11.3 Å². The Balaban J connectivity index is 1.50. The van der Waals surface area contributed by atoms with Crippen LogP contribution in [0.4, 0.5) is 0 Å². The summed E-state index contributed by atoms with van der Waals surface area (Å²) in [6, 6.07) is 16.2. The lowest BCUT2D eigenvalue weighted by Gasteiger charge is -2.34. The van der Waals surface area contributed by atoms with Crippen molar-refractivity contribution in [2.75, 3.05) is 26.9 Å². The molecule has 1 saturated heterocycles. The molecule has 1 heterocycles. The van der Waals surface area contributed by atoms with Crippen LogP contribution in [-0.4, -0.2) is 38.2 Å². The van der Waals surface area contributed by atoms with Gasteiger partial charge in [-0.2, -0.15) is 0 Å². The summed E-state index contributed by atoms with van der Waals surface area (Å²) in [6.45, 7) is 4.11. The minimum absolute atomic E-state index is 0.0361. The van der Waals surface area contributed by atoms with Crippen LogP contribution in [0.1, 0.15) is 36.8 Å². The van der Waals surface area contributed by atoms with Crippen molar-refractivity contribution in [3.8, 4) is 11.5 Å². The van der Waals surface area contributed by atoms with Crippen LogP contribution in [0.2, 0.25) is 0 Å². The second-order valence-electron chi connectivity index (χ2n) is 8.47. The number of hydrogen-bond donors (Lipinski definition) is 2. The quantitative estimate of drug-likeness (QED) is 0.675. The maximum absolute atomic E-state index is 10.3. The molecule has 1 aliphatic carbocycles. The van der Waals surface area contributed by atoms with Gasteiger partial charge in [-0.05, 0) is 42.0 Å². The van der Waals surface area contributed by atoms with Gasteiger partial charge in [-0.15, -0.1) is 0 Å². The van der Waals surface area contributed by atoms with Crippen molar-refractivity contribution in [2.24, 2.45) is 11.3 Å². The predicted octanol–water partition coefficient (Wildman–Crippen LogP) is 3.71. The molecular formula is C24H31NO4. The van der Waals surface area contributed by atoms with E-state index in [4.69, 9.17) is 14.2 Å². The van der Waals surface area contributed by atoms with Crippen LogP contribution in [-0.2, 0) is 11.3 Å². The molecule has 2 fully saturated rings. The number of nitrogens with one attached hydrogen (secondary N) is 1. The molecule has 2 aliphatic rings. The van der Waals surface area contributed by atoms with Gasteiger partial charge < -0.3 is 19.3 Å². The number of aliphatic hydroxyl groups is 1. The Hall–Kier alpha value is -2.08. The van der Waals surface area contributed by atoms with Gasteiger partial charge in [-0.1, -0.05) is 43.3 Å². The Morgan fingerprint density at radius 1 is 1.10 bits per heavy atom. The van der Waals surface area contributed by atoms with E-state index in [1.54, 1.807) is 7.11 Å². The lowest BCUT2D eigenvalue weighted by molar-refractivity contribution is -0.0628.